The van der Waals surface area contributed by atoms with Crippen LogP contribution in [-0.4, -0.2) is 60.8 Å². The van der Waals surface area contributed by atoms with Crippen LogP contribution >= 0.6 is 0 Å². The van der Waals surface area contributed by atoms with Crippen LogP contribution in [0.2, 0.25) is 0 Å². The first-order valence-electron chi connectivity index (χ1n) is 8.86. The van der Waals surface area contributed by atoms with Crippen molar-refractivity contribution >= 4 is 11.9 Å². The number of rotatable bonds is 11. The van der Waals surface area contributed by atoms with Crippen molar-refractivity contribution in [1.29, 1.82) is 0 Å². The van der Waals surface area contributed by atoms with Gasteiger partial charge >= 0.3 is 12.0 Å². The lowest BCUT2D eigenvalue weighted by molar-refractivity contribution is 0.0600. The average molecular weight is 374 g/mol. The molecule has 0 bridgehead atoms. The fraction of sp³-hybridized carbons (Fsp3) is 0.444. The first-order chi connectivity index (χ1) is 13.2. The topological polar surface area (TPSA) is 124 Å². The van der Waals surface area contributed by atoms with Crippen LogP contribution < -0.4 is 21.1 Å². The number of nitrogens with zero attached hydrogens (tertiary/aromatic N) is 3. The van der Waals surface area contributed by atoms with E-state index in [0.29, 0.717) is 43.5 Å². The standard InChI is InChI=1S/C18H26N6O3/c1-3-27-18-23-15(22-17(24-18)21-11-10-20-9-8-19)12-13-4-6-14(7-5-13)16(25)26-2/h4-7,20H,3,8-12,19H2,1-2H3,(H,21,22,23,24). The van der Waals surface area contributed by atoms with Crippen molar-refractivity contribution in [2.24, 2.45) is 5.73 Å². The zero-order valence-electron chi connectivity index (χ0n) is 15.7. The lowest BCUT2D eigenvalue weighted by atomic mass is 10.1. The molecule has 0 saturated heterocycles. The van der Waals surface area contributed by atoms with Crippen molar-refractivity contribution in [3.8, 4) is 6.01 Å². The van der Waals surface area contributed by atoms with Gasteiger partial charge in [0.05, 0.1) is 19.3 Å². The number of hydrogen-bond donors (Lipinski definition) is 3. The van der Waals surface area contributed by atoms with Crippen LogP contribution in [0.25, 0.3) is 0 Å². The van der Waals surface area contributed by atoms with E-state index in [1.807, 2.05) is 19.1 Å². The van der Waals surface area contributed by atoms with E-state index in [1.54, 1.807) is 12.1 Å². The first-order valence-corrected chi connectivity index (χ1v) is 8.86. The largest absolute Gasteiger partial charge is 0.465 e. The molecule has 2 aromatic rings. The highest BCUT2D eigenvalue weighted by Gasteiger charge is 2.09. The molecule has 9 heteroatoms. The second kappa shape index (κ2) is 11.0. The Labute approximate surface area is 158 Å². The van der Waals surface area contributed by atoms with E-state index in [2.05, 4.69) is 25.6 Å². The fourth-order valence-electron chi connectivity index (χ4n) is 2.30. The van der Waals surface area contributed by atoms with Crippen LogP contribution in [0.4, 0.5) is 5.95 Å². The molecule has 0 aliphatic rings. The van der Waals surface area contributed by atoms with Gasteiger partial charge in [-0.25, -0.2) is 4.79 Å². The number of benzene rings is 1. The predicted molar refractivity (Wildman–Crippen MR) is 102 cm³/mol. The van der Waals surface area contributed by atoms with Gasteiger partial charge in [0, 0.05) is 32.6 Å². The number of aromatic nitrogens is 3. The highest BCUT2D eigenvalue weighted by atomic mass is 16.5. The van der Waals surface area contributed by atoms with Crippen LogP contribution in [-0.2, 0) is 11.2 Å². The maximum atomic E-state index is 11.5. The van der Waals surface area contributed by atoms with E-state index < -0.39 is 0 Å². The van der Waals surface area contributed by atoms with Gasteiger partial charge < -0.3 is 25.8 Å². The van der Waals surface area contributed by atoms with E-state index in [0.717, 1.165) is 18.7 Å². The van der Waals surface area contributed by atoms with Gasteiger partial charge in [-0.15, -0.1) is 0 Å². The average Bonchev–Trinajstić information content (AvgIpc) is 2.68. The number of ether oxygens (including phenoxy) is 2. The van der Waals surface area contributed by atoms with Gasteiger partial charge in [0.1, 0.15) is 5.82 Å². The number of methoxy groups -OCH3 is 1. The second-order valence-electron chi connectivity index (χ2n) is 5.62. The molecular formula is C18H26N6O3. The van der Waals surface area contributed by atoms with Crippen LogP contribution in [0.3, 0.4) is 0 Å². The molecule has 0 atom stereocenters. The second-order valence-corrected chi connectivity index (χ2v) is 5.62. The Morgan fingerprint density at radius 3 is 2.56 bits per heavy atom. The van der Waals surface area contributed by atoms with Crippen LogP contribution in [0.1, 0.15) is 28.7 Å². The van der Waals surface area contributed by atoms with E-state index >= 15 is 0 Å². The molecule has 4 N–H and O–H groups in total. The molecule has 0 fully saturated rings. The van der Waals surface area contributed by atoms with Gasteiger partial charge in [0.15, 0.2) is 0 Å². The summed E-state index contributed by atoms with van der Waals surface area (Å²) >= 11 is 0. The summed E-state index contributed by atoms with van der Waals surface area (Å²) in [7, 11) is 1.36. The molecule has 0 spiro atoms. The molecular weight excluding hydrogens is 348 g/mol. The molecule has 0 unspecified atom stereocenters. The minimum atomic E-state index is -0.366. The van der Waals surface area contributed by atoms with Crippen LogP contribution in [0, 0.1) is 0 Å². The van der Waals surface area contributed by atoms with E-state index in [1.165, 1.54) is 7.11 Å². The lowest BCUT2D eigenvalue weighted by Crippen LogP contribution is -2.27. The third-order valence-corrected chi connectivity index (χ3v) is 3.58. The van der Waals surface area contributed by atoms with Crippen molar-refractivity contribution in [2.45, 2.75) is 13.3 Å². The Morgan fingerprint density at radius 1 is 1.11 bits per heavy atom. The summed E-state index contributed by atoms with van der Waals surface area (Å²) in [5, 5.41) is 6.34. The lowest BCUT2D eigenvalue weighted by Gasteiger charge is -2.10. The van der Waals surface area contributed by atoms with Crippen molar-refractivity contribution in [2.75, 3.05) is 45.2 Å². The molecule has 1 aromatic heterocycles. The first kappa shape index (κ1) is 20.5. The Bertz CT molecular complexity index is 724. The quantitative estimate of drug-likeness (QED) is 0.383. The van der Waals surface area contributed by atoms with Gasteiger partial charge in [-0.05, 0) is 24.6 Å². The maximum absolute atomic E-state index is 11.5. The van der Waals surface area contributed by atoms with E-state index in [9.17, 15) is 4.79 Å². The van der Waals surface area contributed by atoms with Crippen LogP contribution in [0.5, 0.6) is 6.01 Å². The summed E-state index contributed by atoms with van der Waals surface area (Å²) in [4.78, 5) is 24.6. The number of nitrogens with two attached hydrogens (primary N) is 1. The summed E-state index contributed by atoms with van der Waals surface area (Å²) in [6.45, 7) is 5.10. The third-order valence-electron chi connectivity index (χ3n) is 3.58. The van der Waals surface area contributed by atoms with Gasteiger partial charge in [0.2, 0.25) is 5.95 Å². The molecule has 1 aromatic carbocycles. The number of anilines is 1. The Kier molecular flexibility index (Phi) is 8.40. The Morgan fingerprint density at radius 2 is 1.89 bits per heavy atom. The fourth-order valence-corrected chi connectivity index (χ4v) is 2.30. The van der Waals surface area contributed by atoms with Gasteiger partial charge in [0.25, 0.3) is 0 Å². The zero-order chi connectivity index (χ0) is 19.5. The third kappa shape index (κ3) is 6.80. The molecule has 0 aliphatic carbocycles. The van der Waals surface area contributed by atoms with Crippen molar-refractivity contribution in [3.05, 3.63) is 41.2 Å². The zero-order valence-corrected chi connectivity index (χ0v) is 15.7. The highest BCUT2D eigenvalue weighted by molar-refractivity contribution is 5.89. The minimum absolute atomic E-state index is 0.283. The highest BCUT2D eigenvalue weighted by Crippen LogP contribution is 2.13. The normalized spacial score (nSPS) is 10.5. The molecule has 0 saturated carbocycles. The molecule has 146 valence electrons. The van der Waals surface area contributed by atoms with Crippen molar-refractivity contribution < 1.29 is 14.3 Å². The Hall–Kier alpha value is -2.78. The maximum Gasteiger partial charge on any atom is 0.337 e. The minimum Gasteiger partial charge on any atom is -0.465 e. The number of carbonyl (C=O) groups excluding carboxylic acids is 1. The summed E-state index contributed by atoms with van der Waals surface area (Å²) < 4.78 is 10.1. The monoisotopic (exact) mass is 374 g/mol. The molecule has 2 rings (SSSR count). The molecule has 0 radical (unpaired) electrons. The Balaban J connectivity index is 2.06. The number of carbonyl (C=O) groups is 1. The van der Waals surface area contributed by atoms with E-state index in [4.69, 9.17) is 15.2 Å². The SMILES string of the molecule is CCOc1nc(Cc2ccc(C(=O)OC)cc2)nc(NCCNCCN)n1. The van der Waals surface area contributed by atoms with Gasteiger partial charge in [-0.1, -0.05) is 12.1 Å². The summed E-state index contributed by atoms with van der Waals surface area (Å²) in [6, 6.07) is 7.41. The predicted octanol–water partition coefficient (Wildman–Crippen LogP) is 0.608. The number of nitrogens with one attached hydrogen (secondary N) is 2. The van der Waals surface area contributed by atoms with Crippen molar-refractivity contribution in [3.63, 3.8) is 0 Å². The molecule has 0 aliphatic heterocycles. The number of hydrogen-bond acceptors (Lipinski definition) is 9. The summed E-state index contributed by atoms with van der Waals surface area (Å²) in [6.07, 6.45) is 0.490. The number of esters is 1. The molecule has 1 heterocycles. The van der Waals surface area contributed by atoms with Crippen molar-refractivity contribution in [1.82, 2.24) is 20.3 Å². The summed E-state index contributed by atoms with van der Waals surface area (Å²) in [5.41, 5.74) is 6.91. The van der Waals surface area contributed by atoms with Gasteiger partial charge in [-0.3, -0.25) is 0 Å². The molecule has 27 heavy (non-hydrogen) atoms. The summed E-state index contributed by atoms with van der Waals surface area (Å²) in [5.74, 6) is 0.677. The smallest absolute Gasteiger partial charge is 0.337 e. The van der Waals surface area contributed by atoms with Crippen LogP contribution in [0.15, 0.2) is 24.3 Å². The molecule has 0 amide bonds. The van der Waals surface area contributed by atoms with E-state index in [-0.39, 0.29) is 12.0 Å². The molecule has 9 nitrogen and oxygen atoms in total. The van der Waals surface area contributed by atoms with Gasteiger partial charge in [-0.2, -0.15) is 15.0 Å².